The van der Waals surface area contributed by atoms with Gasteiger partial charge in [0.1, 0.15) is 23.4 Å². The number of carbonyl (C=O) groups is 3. The molecule has 1 aliphatic carbocycles. The summed E-state index contributed by atoms with van der Waals surface area (Å²) < 4.78 is 5.48. The Balaban J connectivity index is 2.48. The SMILES string of the molecule is CCCCCCN(C(=O)C(NC(=O)OC(C)(C)C)C(C)CC)C(C(=O)NC1CCCCC1)c1cccc(O)c1. The number of phenolic OH excluding ortho intramolecular Hbond substituents is 1. The Kier molecular flexibility index (Phi) is 13.1. The number of unbranched alkanes of at least 4 members (excludes halogenated alkanes) is 3. The van der Waals surface area contributed by atoms with Crippen LogP contribution in [0.2, 0.25) is 0 Å². The molecule has 1 aliphatic rings. The van der Waals surface area contributed by atoms with Gasteiger partial charge in [-0.15, -0.1) is 0 Å². The van der Waals surface area contributed by atoms with E-state index in [1.807, 2.05) is 13.8 Å². The average Bonchev–Trinajstić information content (AvgIpc) is 2.87. The van der Waals surface area contributed by atoms with Gasteiger partial charge >= 0.3 is 6.09 Å². The van der Waals surface area contributed by atoms with Gasteiger partial charge in [-0.2, -0.15) is 0 Å². The summed E-state index contributed by atoms with van der Waals surface area (Å²) in [5.41, 5.74) is -0.163. The summed E-state index contributed by atoms with van der Waals surface area (Å²) >= 11 is 0. The lowest BCUT2D eigenvalue weighted by Crippen LogP contribution is -2.56. The average molecular weight is 546 g/mol. The number of phenols is 1. The van der Waals surface area contributed by atoms with Gasteiger partial charge in [-0.05, 0) is 63.6 Å². The molecule has 8 heteroatoms. The van der Waals surface area contributed by atoms with Crippen molar-refractivity contribution in [1.82, 2.24) is 15.5 Å². The molecule has 2 rings (SSSR count). The highest BCUT2D eigenvalue weighted by molar-refractivity contribution is 5.92. The van der Waals surface area contributed by atoms with Crippen molar-refractivity contribution in [3.05, 3.63) is 29.8 Å². The number of amides is 3. The summed E-state index contributed by atoms with van der Waals surface area (Å²) in [6.07, 6.45) is 8.84. The Morgan fingerprint density at radius 2 is 1.77 bits per heavy atom. The minimum absolute atomic E-state index is 0.0340. The van der Waals surface area contributed by atoms with Crippen LogP contribution in [0.3, 0.4) is 0 Å². The number of hydrogen-bond acceptors (Lipinski definition) is 5. The Morgan fingerprint density at radius 1 is 1.08 bits per heavy atom. The molecule has 0 radical (unpaired) electrons. The molecule has 0 bridgehead atoms. The van der Waals surface area contributed by atoms with Gasteiger partial charge in [0.25, 0.3) is 0 Å². The van der Waals surface area contributed by atoms with Crippen LogP contribution in [-0.2, 0) is 14.3 Å². The first kappa shape index (κ1) is 32.4. The van der Waals surface area contributed by atoms with E-state index in [-0.39, 0.29) is 29.5 Å². The number of benzene rings is 1. The van der Waals surface area contributed by atoms with Crippen molar-refractivity contribution < 1.29 is 24.2 Å². The maximum atomic E-state index is 14.3. The molecule has 220 valence electrons. The van der Waals surface area contributed by atoms with E-state index >= 15 is 0 Å². The lowest BCUT2D eigenvalue weighted by atomic mass is 9.93. The highest BCUT2D eigenvalue weighted by atomic mass is 16.6. The summed E-state index contributed by atoms with van der Waals surface area (Å²) in [7, 11) is 0. The van der Waals surface area contributed by atoms with E-state index in [1.54, 1.807) is 49.9 Å². The molecule has 8 nitrogen and oxygen atoms in total. The van der Waals surface area contributed by atoms with Crippen LogP contribution in [0.25, 0.3) is 0 Å². The molecule has 0 aromatic heterocycles. The lowest BCUT2D eigenvalue weighted by Gasteiger charge is -2.37. The van der Waals surface area contributed by atoms with Gasteiger partial charge in [0.15, 0.2) is 0 Å². The van der Waals surface area contributed by atoms with E-state index in [4.69, 9.17) is 4.74 Å². The zero-order valence-electron chi connectivity index (χ0n) is 24.9. The van der Waals surface area contributed by atoms with E-state index in [0.717, 1.165) is 57.8 Å². The number of ether oxygens (including phenoxy) is 1. The second-order valence-electron chi connectivity index (χ2n) is 11.9. The summed E-state index contributed by atoms with van der Waals surface area (Å²) in [6.45, 7) is 11.7. The smallest absolute Gasteiger partial charge is 0.408 e. The van der Waals surface area contributed by atoms with E-state index in [0.29, 0.717) is 18.5 Å². The predicted molar refractivity (Wildman–Crippen MR) is 154 cm³/mol. The standard InChI is InChI=1S/C31H51N3O5/c1-7-9-10-14-20-34(29(37)26(22(3)8-2)33-30(38)39-31(4,5)6)27(23-16-15-19-25(35)21-23)28(36)32-24-17-12-11-13-18-24/h15-16,19,21-22,24,26-27,35H,7-14,17-18,20H2,1-6H3,(H,32,36)(H,33,38). The van der Waals surface area contributed by atoms with Gasteiger partial charge in [0.2, 0.25) is 11.8 Å². The van der Waals surface area contributed by atoms with Gasteiger partial charge in [0.05, 0.1) is 0 Å². The number of rotatable bonds is 13. The topological polar surface area (TPSA) is 108 Å². The Bertz CT molecular complexity index is 923. The molecular formula is C31H51N3O5. The van der Waals surface area contributed by atoms with Gasteiger partial charge in [0, 0.05) is 12.6 Å². The van der Waals surface area contributed by atoms with Crippen molar-refractivity contribution in [2.24, 2.45) is 5.92 Å². The van der Waals surface area contributed by atoms with Crippen molar-refractivity contribution in [2.75, 3.05) is 6.54 Å². The maximum Gasteiger partial charge on any atom is 0.408 e. The third-order valence-electron chi connectivity index (χ3n) is 7.38. The molecule has 1 fully saturated rings. The number of alkyl carbamates (subject to hydrolysis) is 1. The first-order valence-corrected chi connectivity index (χ1v) is 14.9. The molecule has 0 spiro atoms. The fourth-order valence-electron chi connectivity index (χ4n) is 5.07. The fourth-order valence-corrected chi connectivity index (χ4v) is 5.07. The highest BCUT2D eigenvalue weighted by Gasteiger charge is 2.38. The molecule has 3 N–H and O–H groups in total. The third-order valence-corrected chi connectivity index (χ3v) is 7.38. The molecule has 3 unspecified atom stereocenters. The quantitative estimate of drug-likeness (QED) is 0.255. The van der Waals surface area contributed by atoms with Crippen LogP contribution in [0.1, 0.15) is 117 Å². The second-order valence-corrected chi connectivity index (χ2v) is 11.9. The molecule has 3 amide bonds. The van der Waals surface area contributed by atoms with Crippen LogP contribution in [0.5, 0.6) is 5.75 Å². The molecule has 1 aromatic rings. The number of hydrogen-bond donors (Lipinski definition) is 3. The lowest BCUT2D eigenvalue weighted by molar-refractivity contribution is -0.144. The van der Waals surface area contributed by atoms with Crippen molar-refractivity contribution >= 4 is 17.9 Å². The number of carbonyl (C=O) groups excluding carboxylic acids is 3. The van der Waals surface area contributed by atoms with Crippen LogP contribution < -0.4 is 10.6 Å². The van der Waals surface area contributed by atoms with E-state index in [2.05, 4.69) is 17.6 Å². The number of nitrogens with zero attached hydrogens (tertiary/aromatic N) is 1. The number of aromatic hydroxyl groups is 1. The van der Waals surface area contributed by atoms with Crippen LogP contribution in [0.15, 0.2) is 24.3 Å². The minimum Gasteiger partial charge on any atom is -0.508 e. The molecule has 39 heavy (non-hydrogen) atoms. The zero-order chi connectivity index (χ0) is 29.0. The largest absolute Gasteiger partial charge is 0.508 e. The first-order chi connectivity index (χ1) is 18.5. The van der Waals surface area contributed by atoms with Gasteiger partial charge in [-0.3, -0.25) is 9.59 Å². The second kappa shape index (κ2) is 15.7. The number of nitrogens with one attached hydrogen (secondary N) is 2. The van der Waals surface area contributed by atoms with Crippen molar-refractivity contribution in [2.45, 2.75) is 129 Å². The van der Waals surface area contributed by atoms with Gasteiger partial charge in [-0.1, -0.05) is 77.8 Å². The summed E-state index contributed by atoms with van der Waals surface area (Å²) in [5.74, 6) is -0.726. The molecule has 0 aliphatic heterocycles. The molecule has 1 aromatic carbocycles. The van der Waals surface area contributed by atoms with Crippen molar-refractivity contribution in [3.63, 3.8) is 0 Å². The third kappa shape index (κ3) is 10.7. The zero-order valence-corrected chi connectivity index (χ0v) is 24.9. The monoisotopic (exact) mass is 545 g/mol. The molecule has 1 saturated carbocycles. The van der Waals surface area contributed by atoms with Crippen LogP contribution in [-0.4, -0.2) is 52.1 Å². The molecule has 3 atom stereocenters. The minimum atomic E-state index is -0.930. The normalized spacial score (nSPS) is 16.6. The summed E-state index contributed by atoms with van der Waals surface area (Å²) in [6, 6.07) is 4.84. The molecule has 0 heterocycles. The maximum absolute atomic E-state index is 14.3. The van der Waals surface area contributed by atoms with E-state index in [1.165, 1.54) is 0 Å². The Morgan fingerprint density at radius 3 is 2.36 bits per heavy atom. The summed E-state index contributed by atoms with van der Waals surface area (Å²) in [5, 5.41) is 16.3. The fraction of sp³-hybridized carbons (Fsp3) is 0.710. The van der Waals surface area contributed by atoms with E-state index < -0.39 is 23.8 Å². The van der Waals surface area contributed by atoms with Crippen molar-refractivity contribution in [1.29, 1.82) is 0 Å². The van der Waals surface area contributed by atoms with Gasteiger partial charge < -0.3 is 25.4 Å². The van der Waals surface area contributed by atoms with Gasteiger partial charge in [-0.25, -0.2) is 4.79 Å². The Hall–Kier alpha value is -2.77. The van der Waals surface area contributed by atoms with E-state index in [9.17, 15) is 19.5 Å². The first-order valence-electron chi connectivity index (χ1n) is 14.9. The van der Waals surface area contributed by atoms with Crippen LogP contribution in [0.4, 0.5) is 4.79 Å². The highest BCUT2D eigenvalue weighted by Crippen LogP contribution is 2.28. The van der Waals surface area contributed by atoms with Crippen LogP contribution >= 0.6 is 0 Å². The predicted octanol–water partition coefficient (Wildman–Crippen LogP) is 6.23. The molecule has 0 saturated heterocycles. The molecular weight excluding hydrogens is 494 g/mol. The Labute approximate surface area is 235 Å². The van der Waals surface area contributed by atoms with Crippen LogP contribution in [0, 0.1) is 5.92 Å². The van der Waals surface area contributed by atoms with Crippen molar-refractivity contribution in [3.8, 4) is 5.75 Å². The summed E-state index contributed by atoms with van der Waals surface area (Å²) in [4.78, 5) is 42.6.